The molecule has 0 radical (unpaired) electrons. The SMILES string of the molecule is Cc1cnccc1CNC(=O)Cc1ccccc1C(=O)O. The lowest BCUT2D eigenvalue weighted by Gasteiger charge is -2.09. The van der Waals surface area contributed by atoms with Crippen LogP contribution in [0.4, 0.5) is 0 Å². The Hall–Kier alpha value is -2.69. The molecule has 0 saturated heterocycles. The number of aromatic nitrogens is 1. The topological polar surface area (TPSA) is 79.3 Å². The predicted molar refractivity (Wildman–Crippen MR) is 77.9 cm³/mol. The van der Waals surface area contributed by atoms with E-state index in [1.54, 1.807) is 30.6 Å². The normalized spacial score (nSPS) is 10.1. The number of nitrogens with zero attached hydrogens (tertiary/aromatic N) is 1. The number of carbonyl (C=O) groups is 2. The summed E-state index contributed by atoms with van der Waals surface area (Å²) in [4.78, 5) is 27.0. The number of nitrogens with one attached hydrogen (secondary N) is 1. The summed E-state index contributed by atoms with van der Waals surface area (Å²) in [7, 11) is 0. The van der Waals surface area contributed by atoms with Crippen LogP contribution in [0.15, 0.2) is 42.7 Å². The molecule has 2 aromatic rings. The van der Waals surface area contributed by atoms with Gasteiger partial charge in [-0.3, -0.25) is 9.78 Å². The van der Waals surface area contributed by atoms with Gasteiger partial charge in [0.25, 0.3) is 0 Å². The van der Waals surface area contributed by atoms with Crippen molar-refractivity contribution in [2.45, 2.75) is 19.9 Å². The van der Waals surface area contributed by atoms with Crippen LogP contribution in [0.25, 0.3) is 0 Å². The molecule has 1 aromatic carbocycles. The van der Waals surface area contributed by atoms with Crippen LogP contribution in [0.5, 0.6) is 0 Å². The number of benzene rings is 1. The van der Waals surface area contributed by atoms with Crippen LogP contribution in [-0.4, -0.2) is 22.0 Å². The third kappa shape index (κ3) is 3.89. The molecule has 2 rings (SSSR count). The highest BCUT2D eigenvalue weighted by molar-refractivity contribution is 5.91. The summed E-state index contributed by atoms with van der Waals surface area (Å²) in [5.74, 6) is -1.23. The molecule has 5 heteroatoms. The van der Waals surface area contributed by atoms with E-state index in [-0.39, 0.29) is 17.9 Å². The molecule has 0 atom stereocenters. The Bertz CT molecular complexity index is 668. The summed E-state index contributed by atoms with van der Waals surface area (Å²) in [6.07, 6.45) is 3.46. The van der Waals surface area contributed by atoms with Crippen LogP contribution >= 0.6 is 0 Å². The zero-order valence-corrected chi connectivity index (χ0v) is 11.7. The first-order valence-corrected chi connectivity index (χ1v) is 6.55. The van der Waals surface area contributed by atoms with E-state index >= 15 is 0 Å². The molecule has 1 amide bonds. The van der Waals surface area contributed by atoms with Gasteiger partial charge in [0.1, 0.15) is 0 Å². The molecule has 5 nitrogen and oxygen atoms in total. The van der Waals surface area contributed by atoms with Gasteiger partial charge < -0.3 is 10.4 Å². The van der Waals surface area contributed by atoms with Crippen LogP contribution in [0, 0.1) is 6.92 Å². The minimum atomic E-state index is -1.02. The zero-order chi connectivity index (χ0) is 15.2. The minimum Gasteiger partial charge on any atom is -0.478 e. The van der Waals surface area contributed by atoms with Crippen molar-refractivity contribution in [2.24, 2.45) is 0 Å². The maximum absolute atomic E-state index is 12.0. The second kappa shape index (κ2) is 6.65. The second-order valence-corrected chi connectivity index (χ2v) is 4.72. The lowest BCUT2D eigenvalue weighted by Crippen LogP contribution is -2.25. The number of rotatable bonds is 5. The van der Waals surface area contributed by atoms with Crippen LogP contribution in [-0.2, 0) is 17.8 Å². The Kier molecular flexibility index (Phi) is 4.66. The van der Waals surface area contributed by atoms with Crippen molar-refractivity contribution in [2.75, 3.05) is 0 Å². The van der Waals surface area contributed by atoms with Crippen LogP contribution in [0.2, 0.25) is 0 Å². The molecule has 0 fully saturated rings. The minimum absolute atomic E-state index is 0.0482. The third-order valence-corrected chi connectivity index (χ3v) is 3.21. The number of hydrogen-bond acceptors (Lipinski definition) is 3. The summed E-state index contributed by atoms with van der Waals surface area (Å²) in [5, 5.41) is 11.9. The fourth-order valence-electron chi connectivity index (χ4n) is 2.01. The first kappa shape index (κ1) is 14.7. The molecule has 0 aliphatic heterocycles. The quantitative estimate of drug-likeness (QED) is 0.879. The number of carboxylic acid groups (broad SMARTS) is 1. The Labute approximate surface area is 122 Å². The van der Waals surface area contributed by atoms with Crippen molar-refractivity contribution in [3.05, 3.63) is 65.0 Å². The summed E-state index contributed by atoms with van der Waals surface area (Å²) >= 11 is 0. The van der Waals surface area contributed by atoms with E-state index in [1.807, 2.05) is 13.0 Å². The van der Waals surface area contributed by atoms with E-state index in [9.17, 15) is 9.59 Å². The van der Waals surface area contributed by atoms with E-state index in [0.29, 0.717) is 12.1 Å². The number of aryl methyl sites for hydroxylation is 1. The summed E-state index contributed by atoms with van der Waals surface area (Å²) < 4.78 is 0. The molecule has 0 unspecified atom stereocenters. The maximum Gasteiger partial charge on any atom is 0.335 e. The molecule has 0 bridgehead atoms. The Morgan fingerprint density at radius 2 is 1.95 bits per heavy atom. The van der Waals surface area contributed by atoms with Crippen molar-refractivity contribution in [1.82, 2.24) is 10.3 Å². The van der Waals surface area contributed by atoms with E-state index in [0.717, 1.165) is 11.1 Å². The number of amides is 1. The van der Waals surface area contributed by atoms with Gasteiger partial charge in [-0.1, -0.05) is 18.2 Å². The molecule has 108 valence electrons. The monoisotopic (exact) mass is 284 g/mol. The van der Waals surface area contributed by atoms with Crippen molar-refractivity contribution < 1.29 is 14.7 Å². The maximum atomic E-state index is 12.0. The molecule has 0 saturated carbocycles. The van der Waals surface area contributed by atoms with Gasteiger partial charge in [0, 0.05) is 18.9 Å². The first-order valence-electron chi connectivity index (χ1n) is 6.55. The molecule has 21 heavy (non-hydrogen) atoms. The predicted octanol–water partition coefficient (Wildman–Crippen LogP) is 1.95. The van der Waals surface area contributed by atoms with Gasteiger partial charge in [-0.25, -0.2) is 4.79 Å². The van der Waals surface area contributed by atoms with Crippen LogP contribution in [0.1, 0.15) is 27.0 Å². The van der Waals surface area contributed by atoms with Crippen molar-refractivity contribution in [3.8, 4) is 0 Å². The highest BCUT2D eigenvalue weighted by Crippen LogP contribution is 2.10. The van der Waals surface area contributed by atoms with Gasteiger partial charge >= 0.3 is 5.97 Å². The molecule has 2 N–H and O–H groups in total. The average molecular weight is 284 g/mol. The highest BCUT2D eigenvalue weighted by Gasteiger charge is 2.12. The summed E-state index contributed by atoms with van der Waals surface area (Å²) in [5.41, 5.74) is 2.66. The van der Waals surface area contributed by atoms with Crippen molar-refractivity contribution >= 4 is 11.9 Å². The second-order valence-electron chi connectivity index (χ2n) is 4.72. The summed E-state index contributed by atoms with van der Waals surface area (Å²) in [6.45, 7) is 2.33. The molecule has 0 aliphatic rings. The fourth-order valence-corrected chi connectivity index (χ4v) is 2.01. The smallest absolute Gasteiger partial charge is 0.335 e. The van der Waals surface area contributed by atoms with Gasteiger partial charge in [0.15, 0.2) is 0 Å². The third-order valence-electron chi connectivity index (χ3n) is 3.21. The Morgan fingerprint density at radius 3 is 2.67 bits per heavy atom. The number of carboxylic acids is 1. The molecular weight excluding hydrogens is 268 g/mol. The van der Waals surface area contributed by atoms with E-state index in [4.69, 9.17) is 5.11 Å². The lowest BCUT2D eigenvalue weighted by molar-refractivity contribution is -0.120. The number of hydrogen-bond donors (Lipinski definition) is 2. The molecule has 1 heterocycles. The van der Waals surface area contributed by atoms with Crippen molar-refractivity contribution in [3.63, 3.8) is 0 Å². The van der Waals surface area contributed by atoms with E-state index in [2.05, 4.69) is 10.3 Å². The van der Waals surface area contributed by atoms with Crippen molar-refractivity contribution in [1.29, 1.82) is 0 Å². The molecule has 1 aromatic heterocycles. The summed E-state index contributed by atoms with van der Waals surface area (Å²) in [6, 6.07) is 8.37. The van der Waals surface area contributed by atoms with Gasteiger partial charge in [-0.05, 0) is 35.7 Å². The fraction of sp³-hybridized carbons (Fsp3) is 0.188. The van der Waals surface area contributed by atoms with Gasteiger partial charge in [-0.2, -0.15) is 0 Å². The molecule has 0 spiro atoms. The average Bonchev–Trinajstić information content (AvgIpc) is 2.47. The van der Waals surface area contributed by atoms with Gasteiger partial charge in [-0.15, -0.1) is 0 Å². The van der Waals surface area contributed by atoms with E-state index < -0.39 is 5.97 Å². The molecular formula is C16H16N2O3. The zero-order valence-electron chi connectivity index (χ0n) is 11.7. The number of aromatic carboxylic acids is 1. The van der Waals surface area contributed by atoms with Gasteiger partial charge in [0.05, 0.1) is 12.0 Å². The first-order chi connectivity index (χ1) is 10.1. The highest BCUT2D eigenvalue weighted by atomic mass is 16.4. The lowest BCUT2D eigenvalue weighted by atomic mass is 10.0. The number of carbonyl (C=O) groups excluding carboxylic acids is 1. The van der Waals surface area contributed by atoms with Crippen LogP contribution < -0.4 is 5.32 Å². The Balaban J connectivity index is 2.00. The van der Waals surface area contributed by atoms with Gasteiger partial charge in [0.2, 0.25) is 5.91 Å². The Morgan fingerprint density at radius 1 is 1.19 bits per heavy atom. The van der Waals surface area contributed by atoms with E-state index in [1.165, 1.54) is 6.07 Å². The standard InChI is InChI=1S/C16H16N2O3/c1-11-9-17-7-6-13(11)10-18-15(19)8-12-4-2-3-5-14(12)16(20)21/h2-7,9H,8,10H2,1H3,(H,18,19)(H,20,21). The largest absolute Gasteiger partial charge is 0.478 e. The number of pyridine rings is 1. The molecule has 0 aliphatic carbocycles. The van der Waals surface area contributed by atoms with Crippen LogP contribution in [0.3, 0.4) is 0 Å².